The van der Waals surface area contributed by atoms with E-state index >= 15 is 0 Å². The van der Waals surface area contributed by atoms with Gasteiger partial charge in [-0.05, 0) is 60.7 Å². The summed E-state index contributed by atoms with van der Waals surface area (Å²) in [7, 11) is 0. The van der Waals surface area contributed by atoms with Crippen LogP contribution in [-0.4, -0.2) is 18.7 Å². The summed E-state index contributed by atoms with van der Waals surface area (Å²) in [5.74, 6) is 0. The molecule has 0 saturated heterocycles. The summed E-state index contributed by atoms with van der Waals surface area (Å²) < 4.78 is 7.39. The van der Waals surface area contributed by atoms with E-state index in [1.807, 2.05) is 0 Å². The highest BCUT2D eigenvalue weighted by Crippen LogP contribution is 2.44. The Morgan fingerprint density at radius 3 is 1.20 bits per heavy atom. The normalized spacial score (nSPS) is 12.1. The first-order valence-corrected chi connectivity index (χ1v) is 20.2. The molecular formula is C55H34N4. The number of benzene rings is 9. The molecule has 0 aliphatic rings. The molecule has 0 aliphatic carbocycles. The summed E-state index contributed by atoms with van der Waals surface area (Å²) in [5.41, 5.74) is 13.6. The minimum absolute atomic E-state index is 0.990. The molecular weight excluding hydrogens is 717 g/mol. The first kappa shape index (κ1) is 32.2. The van der Waals surface area contributed by atoms with Crippen LogP contribution >= 0.6 is 0 Å². The van der Waals surface area contributed by atoms with Gasteiger partial charge in [0.15, 0.2) is 0 Å². The van der Waals surface area contributed by atoms with Crippen molar-refractivity contribution in [2.24, 2.45) is 0 Å². The number of nitrogens with zero attached hydrogens (tertiary/aromatic N) is 4. The Hall–Kier alpha value is -7.95. The molecule has 0 unspecified atom stereocenters. The molecule has 13 aromatic rings. The van der Waals surface area contributed by atoms with Gasteiger partial charge < -0.3 is 13.7 Å². The fraction of sp³-hybridized carbons (Fsp3) is 0. The van der Waals surface area contributed by atoms with Crippen molar-refractivity contribution in [3.05, 3.63) is 206 Å². The number of pyridine rings is 1. The van der Waals surface area contributed by atoms with Crippen LogP contribution in [0.15, 0.2) is 206 Å². The van der Waals surface area contributed by atoms with Gasteiger partial charge in [0, 0.05) is 71.1 Å². The lowest BCUT2D eigenvalue weighted by Gasteiger charge is -2.15. The first-order valence-electron chi connectivity index (χ1n) is 20.2. The van der Waals surface area contributed by atoms with Crippen molar-refractivity contribution in [2.45, 2.75) is 0 Å². The van der Waals surface area contributed by atoms with Crippen molar-refractivity contribution in [2.75, 3.05) is 0 Å². The maximum absolute atomic E-state index is 5.27. The molecule has 0 atom stereocenters. The summed E-state index contributed by atoms with van der Waals surface area (Å²) >= 11 is 0. The van der Waals surface area contributed by atoms with Gasteiger partial charge in [-0.25, -0.2) is 4.98 Å². The van der Waals surface area contributed by atoms with Crippen LogP contribution in [0.5, 0.6) is 0 Å². The Labute approximate surface area is 339 Å². The summed E-state index contributed by atoms with van der Waals surface area (Å²) in [6.45, 7) is 0. The molecule has 59 heavy (non-hydrogen) atoms. The van der Waals surface area contributed by atoms with Crippen molar-refractivity contribution in [3.8, 4) is 28.3 Å². The maximum Gasteiger partial charge on any atom is 0.0788 e. The van der Waals surface area contributed by atoms with E-state index in [2.05, 4.69) is 220 Å². The van der Waals surface area contributed by atoms with Crippen molar-refractivity contribution in [1.29, 1.82) is 0 Å². The van der Waals surface area contributed by atoms with Gasteiger partial charge in [-0.2, -0.15) is 0 Å². The number of fused-ring (bicyclic) bond motifs is 14. The van der Waals surface area contributed by atoms with Gasteiger partial charge >= 0.3 is 0 Å². The minimum Gasteiger partial charge on any atom is -0.309 e. The van der Waals surface area contributed by atoms with E-state index in [-0.39, 0.29) is 0 Å². The summed E-state index contributed by atoms with van der Waals surface area (Å²) in [4.78, 5) is 5.27. The molecule has 0 fully saturated rings. The first-order chi connectivity index (χ1) is 29.3. The molecule has 0 N–H and O–H groups in total. The third kappa shape index (κ3) is 4.51. The second-order valence-corrected chi connectivity index (χ2v) is 15.5. The SMILES string of the molecule is c1ccc(-c2nc3ccccc3c3c2ccc2c4ccccc4n(-c4ccc(-n5c6ccccc6c6ccc7c8ccccc8n(-c8ccccc8)c7c65)cc4)c23)cc1. The van der Waals surface area contributed by atoms with Gasteiger partial charge in [-0.3, -0.25) is 0 Å². The van der Waals surface area contributed by atoms with Gasteiger partial charge in [0.05, 0.1) is 44.3 Å². The summed E-state index contributed by atoms with van der Waals surface area (Å²) in [6, 6.07) is 74.8. The van der Waals surface area contributed by atoms with Crippen LogP contribution in [-0.2, 0) is 0 Å². The zero-order valence-corrected chi connectivity index (χ0v) is 31.9. The molecule has 0 aliphatic heterocycles. The van der Waals surface area contributed by atoms with Crippen LogP contribution in [0, 0.1) is 0 Å². The van der Waals surface area contributed by atoms with E-state index in [0.717, 1.165) is 44.6 Å². The van der Waals surface area contributed by atoms with Crippen molar-refractivity contribution in [3.63, 3.8) is 0 Å². The highest BCUT2D eigenvalue weighted by atomic mass is 15.0. The second kappa shape index (κ2) is 12.3. The van der Waals surface area contributed by atoms with Crippen molar-refractivity contribution < 1.29 is 0 Å². The van der Waals surface area contributed by atoms with Crippen LogP contribution in [0.2, 0.25) is 0 Å². The number of para-hydroxylation sites is 5. The third-order valence-electron chi connectivity index (χ3n) is 12.4. The number of aromatic nitrogens is 4. The smallest absolute Gasteiger partial charge is 0.0788 e. The number of rotatable bonds is 4. The second-order valence-electron chi connectivity index (χ2n) is 15.5. The molecule has 0 amide bonds. The molecule has 0 spiro atoms. The predicted octanol–water partition coefficient (Wildman–Crippen LogP) is 14.3. The Morgan fingerprint density at radius 1 is 0.271 bits per heavy atom. The maximum atomic E-state index is 5.27. The van der Waals surface area contributed by atoms with E-state index < -0.39 is 0 Å². The molecule has 4 heterocycles. The van der Waals surface area contributed by atoms with Gasteiger partial charge in [-0.15, -0.1) is 0 Å². The van der Waals surface area contributed by atoms with Crippen molar-refractivity contribution in [1.82, 2.24) is 18.7 Å². The van der Waals surface area contributed by atoms with Crippen LogP contribution in [0.4, 0.5) is 0 Å². The van der Waals surface area contributed by atoms with Gasteiger partial charge in [-0.1, -0.05) is 146 Å². The highest BCUT2D eigenvalue weighted by Gasteiger charge is 2.23. The minimum atomic E-state index is 0.990. The lowest BCUT2D eigenvalue weighted by atomic mass is 9.97. The summed E-state index contributed by atoms with van der Waals surface area (Å²) in [6.07, 6.45) is 0. The number of hydrogen-bond donors (Lipinski definition) is 0. The molecule has 0 saturated carbocycles. The quantitative estimate of drug-likeness (QED) is 0.165. The van der Waals surface area contributed by atoms with Gasteiger partial charge in [0.25, 0.3) is 0 Å². The average molecular weight is 751 g/mol. The van der Waals surface area contributed by atoms with E-state index in [1.54, 1.807) is 0 Å². The molecule has 13 rings (SSSR count). The Morgan fingerprint density at radius 2 is 0.661 bits per heavy atom. The Bertz CT molecular complexity index is 3810. The van der Waals surface area contributed by atoms with Crippen LogP contribution in [0.25, 0.3) is 115 Å². The van der Waals surface area contributed by atoms with E-state index in [9.17, 15) is 0 Å². The molecule has 4 heteroatoms. The standard InChI is InChI=1S/C55H34N4/c1-3-15-35(16-4-1)52-46-34-33-42-39-19-8-12-24-48(39)57(53(42)51(46)45-22-7-11-23-47(45)56-52)37-27-29-38(30-28-37)59-50-26-14-10-21-41(50)44-32-31-43-40-20-9-13-25-49(40)58(54(43)55(44)59)36-17-5-2-6-18-36/h1-34H. The topological polar surface area (TPSA) is 27.7 Å². The Balaban J connectivity index is 1.11. The predicted molar refractivity (Wildman–Crippen MR) is 248 cm³/mol. The van der Waals surface area contributed by atoms with E-state index in [4.69, 9.17) is 4.98 Å². The third-order valence-corrected chi connectivity index (χ3v) is 12.4. The van der Waals surface area contributed by atoms with Gasteiger partial charge in [0.2, 0.25) is 0 Å². The zero-order chi connectivity index (χ0) is 38.6. The van der Waals surface area contributed by atoms with Crippen molar-refractivity contribution >= 4 is 87.1 Å². The monoisotopic (exact) mass is 750 g/mol. The lowest BCUT2D eigenvalue weighted by Crippen LogP contribution is -2.00. The largest absolute Gasteiger partial charge is 0.309 e. The van der Waals surface area contributed by atoms with E-state index in [1.165, 1.54) is 70.8 Å². The average Bonchev–Trinajstić information content (AvgIpc) is 3.95. The van der Waals surface area contributed by atoms with Crippen LogP contribution in [0.1, 0.15) is 0 Å². The van der Waals surface area contributed by atoms with Gasteiger partial charge in [0.1, 0.15) is 0 Å². The molecule has 274 valence electrons. The van der Waals surface area contributed by atoms with E-state index in [0.29, 0.717) is 0 Å². The summed E-state index contributed by atoms with van der Waals surface area (Å²) in [5, 5.41) is 10.9. The molecule has 4 nitrogen and oxygen atoms in total. The Kier molecular flexibility index (Phi) is 6.69. The molecule has 0 radical (unpaired) electrons. The molecule has 4 aromatic heterocycles. The highest BCUT2D eigenvalue weighted by molar-refractivity contribution is 6.27. The number of hydrogen-bond acceptors (Lipinski definition) is 1. The lowest BCUT2D eigenvalue weighted by molar-refractivity contribution is 1.14. The molecule has 9 aromatic carbocycles. The fourth-order valence-electron chi connectivity index (χ4n) is 9.94. The van der Waals surface area contributed by atoms with Crippen LogP contribution < -0.4 is 0 Å². The fourth-order valence-corrected chi connectivity index (χ4v) is 9.94. The zero-order valence-electron chi connectivity index (χ0n) is 31.9. The van der Waals surface area contributed by atoms with Crippen LogP contribution in [0.3, 0.4) is 0 Å². The molecule has 0 bridgehead atoms.